The molecule has 0 bridgehead atoms. The van der Waals surface area contributed by atoms with Crippen molar-refractivity contribution in [2.24, 2.45) is 0 Å². The van der Waals surface area contributed by atoms with Crippen LogP contribution in [-0.2, 0) is 25.7 Å². The average Bonchev–Trinajstić information content (AvgIpc) is 4.24. The number of anilines is 4. The second kappa shape index (κ2) is 22.9. The van der Waals surface area contributed by atoms with Crippen LogP contribution in [0.1, 0.15) is 94.8 Å². The van der Waals surface area contributed by atoms with Crippen LogP contribution in [0.15, 0.2) is 118 Å². The summed E-state index contributed by atoms with van der Waals surface area (Å²) in [5.74, 6) is 1.56. The molecule has 0 saturated carbocycles. The summed E-state index contributed by atoms with van der Waals surface area (Å²) in [5.41, 5.74) is 10.3. The Hall–Kier alpha value is -6.59. The summed E-state index contributed by atoms with van der Waals surface area (Å²) in [6, 6.07) is 20.7. The first-order valence-corrected chi connectivity index (χ1v) is 26.6. The first-order valence-electron chi connectivity index (χ1n) is 23.8. The summed E-state index contributed by atoms with van der Waals surface area (Å²) >= 11 is 5.03. The SMILES string of the molecule is CC(C)n1ccc(I)n1.CC(C)n1ccc(Sc2n[nH]c(Nc3c(-c4ccncc4)cc(F)c4c3CCC4)n2)n1.COc1cc(-c2ccc3c(c2Nc2nc(Sc4ccn(C(C)C)n4)n[nH]2)CCC3)ccn1. The lowest BCUT2D eigenvalue weighted by atomic mass is 9.97. The van der Waals surface area contributed by atoms with Crippen LogP contribution in [0, 0.1) is 9.52 Å². The van der Waals surface area contributed by atoms with Crippen molar-refractivity contribution in [3.63, 3.8) is 0 Å². The van der Waals surface area contributed by atoms with E-state index in [0.717, 1.165) is 97.0 Å². The fourth-order valence-corrected chi connectivity index (χ4v) is 10.2. The van der Waals surface area contributed by atoms with Gasteiger partial charge in [-0.05, 0) is 202 Å². The number of aryl methyl sites for hydroxylation is 1. The van der Waals surface area contributed by atoms with E-state index in [1.54, 1.807) is 31.8 Å². The minimum Gasteiger partial charge on any atom is -0.481 e. The average molecular weight is 1120 g/mol. The van der Waals surface area contributed by atoms with Crippen LogP contribution in [-0.4, -0.2) is 76.8 Å². The van der Waals surface area contributed by atoms with E-state index in [4.69, 9.17) is 4.74 Å². The van der Waals surface area contributed by atoms with Crippen molar-refractivity contribution in [1.29, 1.82) is 0 Å². The molecule has 0 radical (unpaired) electrons. The predicted octanol–water partition coefficient (Wildman–Crippen LogP) is 12.3. The Morgan fingerprint density at radius 3 is 1.75 bits per heavy atom. The number of nitrogens with zero attached hydrogens (tertiary/aromatic N) is 12. The lowest BCUT2D eigenvalue weighted by molar-refractivity contribution is 0.398. The van der Waals surface area contributed by atoms with Gasteiger partial charge in [-0.3, -0.25) is 19.0 Å². The van der Waals surface area contributed by atoms with Crippen LogP contribution in [0.2, 0.25) is 0 Å². The van der Waals surface area contributed by atoms with Gasteiger partial charge in [0.25, 0.3) is 0 Å². The number of halogens is 2. The van der Waals surface area contributed by atoms with Gasteiger partial charge in [0.1, 0.15) is 19.6 Å². The third-order valence-electron chi connectivity index (χ3n) is 12.0. The molecule has 372 valence electrons. The van der Waals surface area contributed by atoms with Gasteiger partial charge in [-0.2, -0.15) is 25.3 Å². The smallest absolute Gasteiger partial charge is 0.224 e. The first kappa shape index (κ1) is 50.4. The van der Waals surface area contributed by atoms with Crippen LogP contribution in [0.25, 0.3) is 22.3 Å². The van der Waals surface area contributed by atoms with E-state index in [-0.39, 0.29) is 5.82 Å². The summed E-state index contributed by atoms with van der Waals surface area (Å²) in [6.45, 7) is 12.6. The molecule has 2 aliphatic carbocycles. The first-order chi connectivity index (χ1) is 34.9. The maximum atomic E-state index is 14.8. The van der Waals surface area contributed by atoms with E-state index >= 15 is 0 Å². The second-order valence-electron chi connectivity index (χ2n) is 17.9. The van der Waals surface area contributed by atoms with Crippen molar-refractivity contribution < 1.29 is 9.13 Å². The normalized spacial score (nSPS) is 12.7. The fourth-order valence-electron chi connectivity index (χ4n) is 8.42. The van der Waals surface area contributed by atoms with E-state index in [1.807, 2.05) is 75.1 Å². The van der Waals surface area contributed by atoms with Crippen LogP contribution >= 0.6 is 46.1 Å². The molecule has 0 atom stereocenters. The topological polar surface area (TPSA) is 196 Å². The van der Waals surface area contributed by atoms with E-state index in [2.05, 4.69) is 143 Å². The molecule has 7 heterocycles. The molecule has 0 fully saturated rings. The van der Waals surface area contributed by atoms with Crippen LogP contribution in [0.4, 0.5) is 27.7 Å². The second-order valence-corrected chi connectivity index (χ2v) is 21.0. The number of fused-ring (bicyclic) bond motifs is 2. The molecule has 0 amide bonds. The zero-order valence-corrected chi connectivity index (χ0v) is 44.9. The quantitative estimate of drug-likeness (QED) is 0.0751. The number of H-pyrrole nitrogens is 2. The molecule has 11 rings (SSSR count). The molecule has 0 aliphatic heterocycles. The molecule has 7 aromatic heterocycles. The molecule has 9 aromatic rings. The van der Waals surface area contributed by atoms with E-state index in [0.29, 0.717) is 46.2 Å². The summed E-state index contributed by atoms with van der Waals surface area (Å²) in [6.07, 6.45) is 16.9. The zero-order chi connectivity index (χ0) is 50.3. The van der Waals surface area contributed by atoms with Crippen LogP contribution < -0.4 is 15.4 Å². The highest BCUT2D eigenvalue weighted by atomic mass is 127. The standard InChI is InChI=1S/C23H25N7OS.C22H22FN7S.C6H9IN2/c1-14(2)30-12-10-20(29-30)32-23-26-22(27-28-23)25-21-17-6-4-5-15(17)7-8-18(21)16-9-11-24-19(13-16)31-3;1-13(2)30-11-8-19(29-30)31-22-26-21(27-28-22)25-20-16-5-3-4-15(16)18(23)12-17(20)14-6-9-24-10-7-14;1-5(2)9-4-3-6(7)8-9/h7-14H,4-6H2,1-3H3,(H2,25,26,27,28);6-13H,3-5H2,1-2H3,(H2,25,26,27,28);3-5H,1-2H3. The van der Waals surface area contributed by atoms with Crippen molar-refractivity contribution in [3.8, 4) is 28.1 Å². The molecule has 0 spiro atoms. The Morgan fingerprint density at radius 1 is 0.625 bits per heavy atom. The minimum atomic E-state index is -0.153. The third kappa shape index (κ3) is 12.0. The van der Waals surface area contributed by atoms with Crippen LogP contribution in [0.3, 0.4) is 0 Å². The zero-order valence-electron chi connectivity index (χ0n) is 41.1. The number of benzene rings is 2. The summed E-state index contributed by atoms with van der Waals surface area (Å²) in [4.78, 5) is 17.5. The maximum Gasteiger partial charge on any atom is 0.224 e. The number of ether oxygens (including phenoxy) is 1. The predicted molar refractivity (Wildman–Crippen MR) is 288 cm³/mol. The highest BCUT2D eigenvalue weighted by molar-refractivity contribution is 14.1. The molecule has 0 unspecified atom stereocenters. The number of aromatic nitrogens is 14. The Morgan fingerprint density at radius 2 is 1.18 bits per heavy atom. The van der Waals surface area contributed by atoms with Gasteiger partial charge in [0.05, 0.1) is 18.5 Å². The Bertz CT molecular complexity index is 3250. The van der Waals surface area contributed by atoms with Crippen molar-refractivity contribution in [1.82, 2.24) is 69.7 Å². The summed E-state index contributed by atoms with van der Waals surface area (Å²) < 4.78 is 26.9. The van der Waals surface area contributed by atoms with Gasteiger partial charge in [0.2, 0.25) is 28.1 Å². The van der Waals surface area contributed by atoms with Crippen molar-refractivity contribution >= 4 is 69.4 Å². The van der Waals surface area contributed by atoms with E-state index in [9.17, 15) is 4.39 Å². The largest absolute Gasteiger partial charge is 0.481 e. The Labute approximate surface area is 439 Å². The number of pyridine rings is 2. The monoisotopic (exact) mass is 1120 g/mol. The molecule has 72 heavy (non-hydrogen) atoms. The number of aromatic amines is 2. The third-order valence-corrected chi connectivity index (χ3v) is 14.2. The molecule has 4 N–H and O–H groups in total. The van der Waals surface area contributed by atoms with Gasteiger partial charge >= 0.3 is 0 Å². The van der Waals surface area contributed by atoms with Gasteiger partial charge in [-0.25, -0.2) is 19.6 Å². The van der Waals surface area contributed by atoms with Crippen molar-refractivity contribution in [2.75, 3.05) is 17.7 Å². The number of hydrogen-bond donors (Lipinski definition) is 4. The molecule has 0 saturated heterocycles. The lowest BCUT2D eigenvalue weighted by Gasteiger charge is -2.16. The van der Waals surface area contributed by atoms with E-state index < -0.39 is 0 Å². The number of rotatable bonds is 14. The molecular weight excluding hydrogens is 1060 g/mol. The Balaban J connectivity index is 0.000000152. The summed E-state index contributed by atoms with van der Waals surface area (Å²) in [7, 11) is 1.63. The van der Waals surface area contributed by atoms with Gasteiger partial charge in [0, 0.05) is 72.5 Å². The van der Waals surface area contributed by atoms with Crippen LogP contribution in [0.5, 0.6) is 5.88 Å². The van der Waals surface area contributed by atoms with Gasteiger partial charge < -0.3 is 15.4 Å². The highest BCUT2D eigenvalue weighted by Crippen LogP contribution is 2.42. The van der Waals surface area contributed by atoms with Gasteiger partial charge in [-0.15, -0.1) is 10.2 Å². The fraction of sp³-hybridized carbons (Fsp3) is 0.314. The van der Waals surface area contributed by atoms with E-state index in [1.165, 1.54) is 34.7 Å². The maximum absolute atomic E-state index is 14.8. The lowest BCUT2D eigenvalue weighted by Crippen LogP contribution is -2.02. The molecule has 17 nitrogen and oxygen atoms in total. The van der Waals surface area contributed by atoms with Gasteiger partial charge in [-0.1, -0.05) is 12.1 Å². The summed E-state index contributed by atoms with van der Waals surface area (Å²) in [5, 5.41) is 37.7. The van der Waals surface area contributed by atoms with Gasteiger partial charge in [0.15, 0.2) is 0 Å². The highest BCUT2D eigenvalue weighted by Gasteiger charge is 2.25. The number of hydrogen-bond acceptors (Lipinski definition) is 14. The molecule has 2 aliphatic rings. The Kier molecular flexibility index (Phi) is 16.0. The molecule has 2 aromatic carbocycles. The van der Waals surface area contributed by atoms with Crippen molar-refractivity contribution in [3.05, 3.63) is 130 Å². The minimum absolute atomic E-state index is 0.153. The number of nitrogens with one attached hydrogen (secondary N) is 4. The van der Waals surface area contributed by atoms with Crippen molar-refractivity contribution in [2.45, 2.75) is 119 Å². The molecular formula is C51H56FIN16OS2. The number of methoxy groups -OCH3 is 1. The molecule has 21 heteroatoms.